The van der Waals surface area contributed by atoms with Gasteiger partial charge in [-0.1, -0.05) is 25.4 Å². The zero-order valence-corrected chi connectivity index (χ0v) is 9.10. The number of rotatable bonds is 0. The van der Waals surface area contributed by atoms with Crippen LogP contribution >= 0.6 is 0 Å². The van der Waals surface area contributed by atoms with Gasteiger partial charge in [-0.05, 0) is 37.5 Å². The Morgan fingerprint density at radius 2 is 1.54 bits per heavy atom. The highest BCUT2D eigenvalue weighted by Crippen LogP contribution is 2.19. The Hall–Kier alpha value is -0.915. The summed E-state index contributed by atoms with van der Waals surface area (Å²) in [6, 6.07) is 1.79. The molecule has 13 heavy (non-hydrogen) atoms. The third-order valence-corrected chi connectivity index (χ3v) is 2.15. The van der Waals surface area contributed by atoms with E-state index in [0.29, 0.717) is 5.46 Å². The Labute approximate surface area is 82.2 Å². The summed E-state index contributed by atoms with van der Waals surface area (Å²) in [5, 5.41) is 9.39. The molecule has 2 heteroatoms. The molecule has 0 saturated carbocycles. The van der Waals surface area contributed by atoms with E-state index in [2.05, 4.69) is 0 Å². The largest absolute Gasteiger partial charge is 0.508 e. The molecule has 0 amide bonds. The van der Waals surface area contributed by atoms with Crippen LogP contribution in [-0.2, 0) is 0 Å². The molecule has 1 aromatic carbocycles. The highest BCUT2D eigenvalue weighted by atomic mass is 16.3. The van der Waals surface area contributed by atoms with Crippen molar-refractivity contribution in [2.75, 3.05) is 0 Å². The van der Waals surface area contributed by atoms with Crippen molar-refractivity contribution in [3.8, 4) is 5.75 Å². The summed E-state index contributed by atoms with van der Waals surface area (Å²) in [4.78, 5) is 0. The first-order chi connectivity index (χ1) is 6.04. The van der Waals surface area contributed by atoms with E-state index in [9.17, 15) is 5.11 Å². The molecule has 1 N–H and O–H groups in total. The smallest absolute Gasteiger partial charge is 0.119 e. The van der Waals surface area contributed by atoms with E-state index in [1.807, 2.05) is 34.6 Å². The maximum absolute atomic E-state index is 9.39. The Kier molecular flexibility index (Phi) is 4.61. The molecule has 0 unspecified atom stereocenters. The predicted molar refractivity (Wildman–Crippen MR) is 59.1 cm³/mol. The van der Waals surface area contributed by atoms with Crippen molar-refractivity contribution in [1.82, 2.24) is 0 Å². The number of benzene rings is 1. The van der Waals surface area contributed by atoms with Gasteiger partial charge in [0.1, 0.15) is 13.6 Å². The molecule has 0 aliphatic carbocycles. The number of phenols is 1. The lowest BCUT2D eigenvalue weighted by atomic mass is 9.88. The second-order valence-electron chi connectivity index (χ2n) is 2.88. The molecule has 0 atom stereocenters. The topological polar surface area (TPSA) is 20.2 Å². The molecule has 0 aromatic heterocycles. The number of aryl methyl sites for hydroxylation is 1. The van der Waals surface area contributed by atoms with E-state index < -0.39 is 0 Å². The van der Waals surface area contributed by atoms with Crippen LogP contribution in [0.3, 0.4) is 0 Å². The van der Waals surface area contributed by atoms with Crippen LogP contribution in [0.25, 0.3) is 0 Å². The zero-order valence-electron chi connectivity index (χ0n) is 9.10. The molecule has 2 radical (unpaired) electrons. The molecule has 1 nitrogen and oxygen atoms in total. The third-order valence-electron chi connectivity index (χ3n) is 2.15. The van der Waals surface area contributed by atoms with Gasteiger partial charge in [-0.3, -0.25) is 0 Å². The van der Waals surface area contributed by atoms with Crippen LogP contribution in [0.2, 0.25) is 0 Å². The maximum atomic E-state index is 9.39. The van der Waals surface area contributed by atoms with Gasteiger partial charge in [0.15, 0.2) is 0 Å². The van der Waals surface area contributed by atoms with Gasteiger partial charge in [-0.2, -0.15) is 0 Å². The van der Waals surface area contributed by atoms with Gasteiger partial charge in [-0.15, -0.1) is 0 Å². The van der Waals surface area contributed by atoms with Crippen molar-refractivity contribution in [2.45, 2.75) is 34.6 Å². The lowest BCUT2D eigenvalue weighted by molar-refractivity contribution is 0.475. The minimum absolute atomic E-state index is 0.216. The summed E-state index contributed by atoms with van der Waals surface area (Å²) < 4.78 is 0. The van der Waals surface area contributed by atoms with Crippen LogP contribution in [0.4, 0.5) is 0 Å². The Balaban J connectivity index is 0.000000671. The summed E-state index contributed by atoms with van der Waals surface area (Å²) in [5.41, 5.74) is 3.57. The summed E-state index contributed by atoms with van der Waals surface area (Å²) in [6.45, 7) is 9.83. The zero-order chi connectivity index (χ0) is 10.6. The van der Waals surface area contributed by atoms with Gasteiger partial charge in [0.2, 0.25) is 0 Å². The van der Waals surface area contributed by atoms with E-state index in [4.69, 9.17) is 7.85 Å². The lowest BCUT2D eigenvalue weighted by Gasteiger charge is -2.09. The second kappa shape index (κ2) is 4.95. The van der Waals surface area contributed by atoms with Gasteiger partial charge >= 0.3 is 0 Å². The Morgan fingerprint density at radius 3 is 2.00 bits per heavy atom. The van der Waals surface area contributed by atoms with Crippen LogP contribution < -0.4 is 5.46 Å². The van der Waals surface area contributed by atoms with Crippen molar-refractivity contribution in [3.05, 3.63) is 22.8 Å². The normalized spacial score (nSPS) is 9.00. The molecular formula is C11H17BO. The molecule has 0 fully saturated rings. The van der Waals surface area contributed by atoms with E-state index in [0.717, 1.165) is 16.7 Å². The predicted octanol–water partition coefficient (Wildman–Crippen LogP) is 2.14. The van der Waals surface area contributed by atoms with Crippen LogP contribution in [0.1, 0.15) is 30.5 Å². The first-order valence-electron chi connectivity index (χ1n) is 4.59. The molecule has 0 aliphatic rings. The quantitative estimate of drug-likeness (QED) is 0.600. The third kappa shape index (κ3) is 2.51. The molecule has 1 rings (SSSR count). The monoisotopic (exact) mass is 176 g/mol. The number of hydrogen-bond donors (Lipinski definition) is 1. The van der Waals surface area contributed by atoms with Gasteiger partial charge in [0.05, 0.1) is 0 Å². The second-order valence-corrected chi connectivity index (χ2v) is 2.88. The average Bonchev–Trinajstić information content (AvgIpc) is 2.15. The van der Waals surface area contributed by atoms with Crippen LogP contribution in [-0.4, -0.2) is 13.0 Å². The van der Waals surface area contributed by atoms with Crippen LogP contribution in [0, 0.1) is 20.8 Å². The van der Waals surface area contributed by atoms with Crippen LogP contribution in [0.15, 0.2) is 6.07 Å². The SMILES string of the molecule is CC.[B]c1cc(C)c(C)c(C)c1O. The summed E-state index contributed by atoms with van der Waals surface area (Å²) >= 11 is 0. The van der Waals surface area contributed by atoms with Gasteiger partial charge in [0.25, 0.3) is 0 Å². The Bertz CT molecular complexity index is 266. The van der Waals surface area contributed by atoms with E-state index in [1.54, 1.807) is 6.07 Å². The molecule has 1 aromatic rings. The summed E-state index contributed by atoms with van der Waals surface area (Å²) in [7, 11) is 5.54. The average molecular weight is 176 g/mol. The van der Waals surface area contributed by atoms with Crippen molar-refractivity contribution in [3.63, 3.8) is 0 Å². The summed E-state index contributed by atoms with van der Waals surface area (Å²) in [6.07, 6.45) is 0. The minimum atomic E-state index is 0.216. The van der Waals surface area contributed by atoms with E-state index in [-0.39, 0.29) is 5.75 Å². The highest BCUT2D eigenvalue weighted by Gasteiger charge is 2.04. The van der Waals surface area contributed by atoms with Gasteiger partial charge in [0, 0.05) is 0 Å². The standard InChI is InChI=1S/C9H11BO.C2H6/c1-5-4-8(10)9(11)7(3)6(5)2;1-2/h4,11H,1-3H3;1-2H3. The molecular weight excluding hydrogens is 159 g/mol. The Morgan fingerprint density at radius 1 is 1.08 bits per heavy atom. The molecule has 0 heterocycles. The minimum Gasteiger partial charge on any atom is -0.508 e. The van der Waals surface area contributed by atoms with E-state index >= 15 is 0 Å². The molecule has 70 valence electrons. The molecule has 0 spiro atoms. The molecule has 0 bridgehead atoms. The number of hydrogen-bond acceptors (Lipinski definition) is 1. The fourth-order valence-corrected chi connectivity index (χ4v) is 1.10. The van der Waals surface area contributed by atoms with Crippen molar-refractivity contribution in [2.24, 2.45) is 0 Å². The first kappa shape index (κ1) is 12.1. The number of aromatic hydroxyl groups is 1. The highest BCUT2D eigenvalue weighted by molar-refractivity contribution is 6.34. The van der Waals surface area contributed by atoms with Crippen molar-refractivity contribution in [1.29, 1.82) is 0 Å². The van der Waals surface area contributed by atoms with Crippen molar-refractivity contribution < 1.29 is 5.11 Å². The lowest BCUT2D eigenvalue weighted by Crippen LogP contribution is -2.06. The first-order valence-corrected chi connectivity index (χ1v) is 4.59. The van der Waals surface area contributed by atoms with Gasteiger partial charge < -0.3 is 5.11 Å². The fourth-order valence-electron chi connectivity index (χ4n) is 1.10. The molecule has 0 saturated heterocycles. The van der Waals surface area contributed by atoms with Gasteiger partial charge in [-0.25, -0.2) is 0 Å². The maximum Gasteiger partial charge on any atom is 0.119 e. The van der Waals surface area contributed by atoms with Crippen LogP contribution in [0.5, 0.6) is 5.75 Å². The summed E-state index contributed by atoms with van der Waals surface area (Å²) in [5.74, 6) is 0.216. The fraction of sp³-hybridized carbons (Fsp3) is 0.455. The van der Waals surface area contributed by atoms with Crippen molar-refractivity contribution >= 4 is 13.3 Å². The molecule has 0 aliphatic heterocycles. The number of phenolic OH excluding ortho intramolecular Hbond substituents is 1. The van der Waals surface area contributed by atoms with E-state index in [1.165, 1.54) is 0 Å².